The van der Waals surface area contributed by atoms with Crippen molar-refractivity contribution >= 4 is 5.78 Å². The van der Waals surface area contributed by atoms with Gasteiger partial charge in [0.15, 0.2) is 5.78 Å². The van der Waals surface area contributed by atoms with E-state index in [2.05, 4.69) is 0 Å². The summed E-state index contributed by atoms with van der Waals surface area (Å²) in [5.41, 5.74) is 1.24. The molecule has 0 saturated heterocycles. The molecular formula is C15H18O3. The minimum atomic E-state index is -0.610. The van der Waals surface area contributed by atoms with E-state index in [1.807, 2.05) is 18.2 Å². The molecule has 1 heterocycles. The number of ketones is 1. The molecule has 0 atom stereocenters. The van der Waals surface area contributed by atoms with Gasteiger partial charge in [-0.3, -0.25) is 4.79 Å². The molecule has 3 heteroatoms. The van der Waals surface area contributed by atoms with Crippen LogP contribution in [0.3, 0.4) is 0 Å². The van der Waals surface area contributed by atoms with Gasteiger partial charge in [0, 0.05) is 13.5 Å². The van der Waals surface area contributed by atoms with Crippen molar-refractivity contribution in [2.75, 3.05) is 13.7 Å². The highest BCUT2D eigenvalue weighted by atomic mass is 16.5. The molecular weight excluding hydrogens is 228 g/mol. The number of carbonyl (C=O) groups excluding carboxylic acids is 1. The van der Waals surface area contributed by atoms with Crippen LogP contribution in [0.4, 0.5) is 0 Å². The van der Waals surface area contributed by atoms with Crippen LogP contribution in [0.1, 0.15) is 41.6 Å². The van der Waals surface area contributed by atoms with Gasteiger partial charge in [-0.05, 0) is 37.3 Å². The third-order valence-electron chi connectivity index (χ3n) is 4.17. The first-order valence-corrected chi connectivity index (χ1v) is 6.61. The van der Waals surface area contributed by atoms with E-state index in [0.717, 1.165) is 43.4 Å². The van der Waals surface area contributed by atoms with Gasteiger partial charge in [0.05, 0.1) is 12.2 Å². The Morgan fingerprint density at radius 3 is 2.83 bits per heavy atom. The van der Waals surface area contributed by atoms with Crippen LogP contribution in [0.15, 0.2) is 18.2 Å². The summed E-state index contributed by atoms with van der Waals surface area (Å²) in [5, 5.41) is 0. The van der Waals surface area contributed by atoms with Gasteiger partial charge in [-0.25, -0.2) is 0 Å². The zero-order valence-electron chi connectivity index (χ0n) is 10.7. The first-order chi connectivity index (χ1) is 8.77. The SMILES string of the molecule is COC1(C(=O)c2cccc3c2OCC3)CCCC1. The Morgan fingerprint density at radius 2 is 2.11 bits per heavy atom. The Morgan fingerprint density at radius 1 is 1.33 bits per heavy atom. The third kappa shape index (κ3) is 1.65. The zero-order chi connectivity index (χ0) is 12.6. The molecule has 1 aromatic rings. The summed E-state index contributed by atoms with van der Waals surface area (Å²) >= 11 is 0. The van der Waals surface area contributed by atoms with Crippen molar-refractivity contribution in [3.05, 3.63) is 29.3 Å². The van der Waals surface area contributed by atoms with Crippen LogP contribution in [0.25, 0.3) is 0 Å². The van der Waals surface area contributed by atoms with Crippen molar-refractivity contribution in [3.63, 3.8) is 0 Å². The fourth-order valence-corrected chi connectivity index (χ4v) is 3.11. The van der Waals surface area contributed by atoms with Crippen LogP contribution in [0, 0.1) is 0 Å². The molecule has 1 saturated carbocycles. The molecule has 0 aromatic heterocycles. The van der Waals surface area contributed by atoms with Crippen LogP contribution >= 0.6 is 0 Å². The van der Waals surface area contributed by atoms with Crippen LogP contribution < -0.4 is 4.74 Å². The number of Topliss-reactive ketones (excluding diaryl/α,β-unsaturated/α-hetero) is 1. The lowest BCUT2D eigenvalue weighted by Gasteiger charge is -2.26. The normalized spacial score (nSPS) is 20.5. The van der Waals surface area contributed by atoms with Crippen LogP contribution in [0.2, 0.25) is 0 Å². The van der Waals surface area contributed by atoms with E-state index in [1.165, 1.54) is 0 Å². The van der Waals surface area contributed by atoms with Gasteiger partial charge in [-0.1, -0.05) is 12.1 Å². The van der Waals surface area contributed by atoms with Crippen molar-refractivity contribution in [1.29, 1.82) is 0 Å². The molecule has 18 heavy (non-hydrogen) atoms. The molecule has 0 N–H and O–H groups in total. The maximum absolute atomic E-state index is 12.8. The largest absolute Gasteiger partial charge is 0.492 e. The number of fused-ring (bicyclic) bond motifs is 1. The van der Waals surface area contributed by atoms with E-state index >= 15 is 0 Å². The number of hydrogen-bond donors (Lipinski definition) is 0. The number of carbonyl (C=O) groups is 1. The summed E-state index contributed by atoms with van der Waals surface area (Å²) in [4.78, 5) is 12.8. The van der Waals surface area contributed by atoms with Crippen molar-refractivity contribution in [3.8, 4) is 5.75 Å². The average Bonchev–Trinajstić information content (AvgIpc) is 3.06. The Balaban J connectivity index is 2.00. The Hall–Kier alpha value is -1.35. The van der Waals surface area contributed by atoms with E-state index in [0.29, 0.717) is 12.2 Å². The quantitative estimate of drug-likeness (QED) is 0.769. The second-order valence-electron chi connectivity index (χ2n) is 5.13. The molecule has 0 unspecified atom stereocenters. The van der Waals surface area contributed by atoms with Gasteiger partial charge >= 0.3 is 0 Å². The fourth-order valence-electron chi connectivity index (χ4n) is 3.11. The minimum Gasteiger partial charge on any atom is -0.492 e. The maximum Gasteiger partial charge on any atom is 0.198 e. The predicted octanol–water partition coefficient (Wildman–Crippen LogP) is 2.76. The summed E-state index contributed by atoms with van der Waals surface area (Å²) < 4.78 is 11.2. The standard InChI is InChI=1S/C15H18O3/c1-17-15(8-2-3-9-15)14(16)12-6-4-5-11-7-10-18-13(11)12/h4-6H,2-3,7-10H2,1H3. The van der Waals surface area contributed by atoms with E-state index in [4.69, 9.17) is 9.47 Å². The Kier molecular flexibility index (Phi) is 2.86. The van der Waals surface area contributed by atoms with Crippen molar-refractivity contribution < 1.29 is 14.3 Å². The highest BCUT2D eigenvalue weighted by Gasteiger charge is 2.43. The van der Waals surface area contributed by atoms with Gasteiger partial charge < -0.3 is 9.47 Å². The molecule has 1 aliphatic heterocycles. The highest BCUT2D eigenvalue weighted by molar-refractivity contribution is 6.05. The average molecular weight is 246 g/mol. The summed E-state index contributed by atoms with van der Waals surface area (Å²) in [6.07, 6.45) is 4.68. The van der Waals surface area contributed by atoms with Gasteiger partial charge in [0.2, 0.25) is 0 Å². The molecule has 0 radical (unpaired) electrons. The first-order valence-electron chi connectivity index (χ1n) is 6.61. The molecule has 1 fully saturated rings. The number of rotatable bonds is 3. The molecule has 0 bridgehead atoms. The molecule has 1 aliphatic carbocycles. The minimum absolute atomic E-state index is 0.0984. The van der Waals surface area contributed by atoms with Crippen molar-refractivity contribution in [1.82, 2.24) is 0 Å². The van der Waals surface area contributed by atoms with Gasteiger partial charge in [0.1, 0.15) is 11.4 Å². The lowest BCUT2D eigenvalue weighted by molar-refractivity contribution is 0.00581. The smallest absolute Gasteiger partial charge is 0.198 e. The monoisotopic (exact) mass is 246 g/mol. The number of hydrogen-bond acceptors (Lipinski definition) is 3. The molecule has 0 spiro atoms. The van der Waals surface area contributed by atoms with E-state index in [9.17, 15) is 4.79 Å². The van der Waals surface area contributed by atoms with E-state index < -0.39 is 5.60 Å². The fraction of sp³-hybridized carbons (Fsp3) is 0.533. The predicted molar refractivity (Wildman–Crippen MR) is 68.2 cm³/mol. The van der Waals surface area contributed by atoms with Gasteiger partial charge in [-0.2, -0.15) is 0 Å². The molecule has 2 aliphatic rings. The molecule has 96 valence electrons. The molecule has 0 amide bonds. The Bertz CT molecular complexity index is 473. The van der Waals surface area contributed by atoms with Crippen LogP contribution in [0.5, 0.6) is 5.75 Å². The number of methoxy groups -OCH3 is 1. The van der Waals surface area contributed by atoms with E-state index in [1.54, 1.807) is 7.11 Å². The topological polar surface area (TPSA) is 35.5 Å². The number of benzene rings is 1. The number of para-hydroxylation sites is 1. The first kappa shape index (κ1) is 11.7. The van der Waals surface area contributed by atoms with Crippen molar-refractivity contribution in [2.24, 2.45) is 0 Å². The zero-order valence-corrected chi connectivity index (χ0v) is 10.7. The van der Waals surface area contributed by atoms with Gasteiger partial charge in [0.25, 0.3) is 0 Å². The number of ether oxygens (including phenoxy) is 2. The highest BCUT2D eigenvalue weighted by Crippen LogP contribution is 2.39. The molecule has 1 aromatic carbocycles. The summed E-state index contributed by atoms with van der Waals surface area (Å²) in [5.74, 6) is 0.882. The Labute approximate surface area is 107 Å². The summed E-state index contributed by atoms with van der Waals surface area (Å²) in [6, 6.07) is 5.85. The molecule has 3 nitrogen and oxygen atoms in total. The second kappa shape index (κ2) is 4.39. The van der Waals surface area contributed by atoms with E-state index in [-0.39, 0.29) is 5.78 Å². The lowest BCUT2D eigenvalue weighted by Crippen LogP contribution is -2.37. The second-order valence-corrected chi connectivity index (χ2v) is 5.13. The summed E-state index contributed by atoms with van der Waals surface area (Å²) in [7, 11) is 1.65. The van der Waals surface area contributed by atoms with Gasteiger partial charge in [-0.15, -0.1) is 0 Å². The van der Waals surface area contributed by atoms with Crippen LogP contribution in [-0.2, 0) is 11.2 Å². The van der Waals surface area contributed by atoms with Crippen LogP contribution in [-0.4, -0.2) is 25.1 Å². The maximum atomic E-state index is 12.8. The van der Waals surface area contributed by atoms with Crippen molar-refractivity contribution in [2.45, 2.75) is 37.7 Å². The lowest BCUT2D eigenvalue weighted by atomic mass is 9.89. The third-order valence-corrected chi connectivity index (χ3v) is 4.17. The summed E-state index contributed by atoms with van der Waals surface area (Å²) in [6.45, 7) is 0.680. The molecule has 3 rings (SSSR count).